The number of hydrogen-bond acceptors (Lipinski definition) is 3. The number of aromatic nitrogens is 2. The van der Waals surface area contributed by atoms with E-state index in [4.69, 9.17) is 0 Å². The summed E-state index contributed by atoms with van der Waals surface area (Å²) in [6.45, 7) is 1.70. The number of imidazole rings is 1. The first kappa shape index (κ1) is 9.51. The lowest BCUT2D eigenvalue weighted by molar-refractivity contribution is -0.251. The SMILES string of the molecule is CC(NC(=O)[O-])c1nc2ccccc2[nH]1. The van der Waals surface area contributed by atoms with Crippen molar-refractivity contribution in [3.8, 4) is 0 Å². The first-order valence-electron chi connectivity index (χ1n) is 4.59. The van der Waals surface area contributed by atoms with Crippen molar-refractivity contribution in [1.29, 1.82) is 0 Å². The number of amides is 1. The Bertz CT molecular complexity index is 459. The molecule has 1 unspecified atom stereocenters. The number of nitrogens with one attached hydrogen (secondary N) is 2. The number of H-pyrrole nitrogens is 1. The maximum absolute atomic E-state index is 10.3. The van der Waals surface area contributed by atoms with Gasteiger partial charge in [-0.1, -0.05) is 12.1 Å². The Morgan fingerprint density at radius 2 is 2.27 bits per heavy atom. The average molecular weight is 204 g/mol. The van der Waals surface area contributed by atoms with E-state index in [9.17, 15) is 9.90 Å². The highest BCUT2D eigenvalue weighted by Gasteiger charge is 2.09. The van der Waals surface area contributed by atoms with Crippen LogP contribution >= 0.6 is 0 Å². The zero-order valence-electron chi connectivity index (χ0n) is 8.15. The first-order valence-corrected chi connectivity index (χ1v) is 4.59. The van der Waals surface area contributed by atoms with Crippen molar-refractivity contribution in [2.45, 2.75) is 13.0 Å². The lowest BCUT2D eigenvalue weighted by Crippen LogP contribution is -2.38. The Kier molecular flexibility index (Phi) is 2.29. The minimum atomic E-state index is -1.30. The Balaban J connectivity index is 2.32. The van der Waals surface area contributed by atoms with Crippen molar-refractivity contribution in [2.24, 2.45) is 0 Å². The Morgan fingerprint density at radius 1 is 1.53 bits per heavy atom. The van der Waals surface area contributed by atoms with Gasteiger partial charge in [-0.05, 0) is 19.1 Å². The van der Waals surface area contributed by atoms with Crippen LogP contribution in [0.2, 0.25) is 0 Å². The number of benzene rings is 1. The average Bonchev–Trinajstić information content (AvgIpc) is 2.59. The monoisotopic (exact) mass is 204 g/mol. The predicted octanol–water partition coefficient (Wildman–Crippen LogP) is 0.557. The summed E-state index contributed by atoms with van der Waals surface area (Å²) in [5.74, 6) is 0.584. The van der Waals surface area contributed by atoms with Crippen molar-refractivity contribution in [1.82, 2.24) is 15.3 Å². The zero-order valence-corrected chi connectivity index (χ0v) is 8.15. The minimum Gasteiger partial charge on any atom is -0.530 e. The largest absolute Gasteiger partial charge is 0.530 e. The summed E-state index contributed by atoms with van der Waals surface area (Å²) in [7, 11) is 0. The summed E-state index contributed by atoms with van der Waals surface area (Å²) >= 11 is 0. The highest BCUT2D eigenvalue weighted by atomic mass is 16.4. The van der Waals surface area contributed by atoms with Crippen LogP contribution in [0.1, 0.15) is 18.8 Å². The number of fused-ring (bicyclic) bond motifs is 1. The summed E-state index contributed by atoms with van der Waals surface area (Å²) < 4.78 is 0. The van der Waals surface area contributed by atoms with E-state index in [1.54, 1.807) is 6.92 Å². The second kappa shape index (κ2) is 3.61. The summed E-state index contributed by atoms with van der Waals surface area (Å²) in [6.07, 6.45) is -1.30. The van der Waals surface area contributed by atoms with Gasteiger partial charge in [0.05, 0.1) is 17.1 Å². The topological polar surface area (TPSA) is 80.8 Å². The number of carbonyl (C=O) groups excluding carboxylic acids is 1. The van der Waals surface area contributed by atoms with Crippen molar-refractivity contribution in [2.75, 3.05) is 0 Å². The molecule has 1 aromatic heterocycles. The molecular weight excluding hydrogens is 194 g/mol. The number of para-hydroxylation sites is 2. The molecule has 1 amide bonds. The van der Waals surface area contributed by atoms with Crippen LogP contribution < -0.4 is 10.4 Å². The van der Waals surface area contributed by atoms with Gasteiger partial charge in [0, 0.05) is 0 Å². The van der Waals surface area contributed by atoms with E-state index in [-0.39, 0.29) is 0 Å². The first-order chi connectivity index (χ1) is 7.16. The third kappa shape index (κ3) is 1.90. The van der Waals surface area contributed by atoms with Crippen LogP contribution in [0.5, 0.6) is 0 Å². The molecule has 78 valence electrons. The molecular formula is C10H10N3O2-. The highest BCUT2D eigenvalue weighted by Crippen LogP contribution is 2.14. The Morgan fingerprint density at radius 3 is 2.93 bits per heavy atom. The minimum absolute atomic E-state index is 0.401. The summed E-state index contributed by atoms with van der Waals surface area (Å²) in [5, 5.41) is 12.6. The predicted molar refractivity (Wildman–Crippen MR) is 53.0 cm³/mol. The van der Waals surface area contributed by atoms with Crippen molar-refractivity contribution in [3.63, 3.8) is 0 Å². The molecule has 0 bridgehead atoms. The third-order valence-corrected chi connectivity index (χ3v) is 2.15. The van der Waals surface area contributed by atoms with Crippen molar-refractivity contribution in [3.05, 3.63) is 30.1 Å². The maximum Gasteiger partial charge on any atom is 0.134 e. The molecule has 0 saturated carbocycles. The van der Waals surface area contributed by atoms with Crippen LogP contribution in [0.4, 0.5) is 4.79 Å². The second-order valence-electron chi connectivity index (χ2n) is 3.29. The van der Waals surface area contributed by atoms with E-state index >= 15 is 0 Å². The van der Waals surface area contributed by atoms with E-state index in [1.807, 2.05) is 24.3 Å². The summed E-state index contributed by atoms with van der Waals surface area (Å²) in [5.41, 5.74) is 1.71. The van der Waals surface area contributed by atoms with Crippen LogP contribution in [0.3, 0.4) is 0 Å². The van der Waals surface area contributed by atoms with Gasteiger partial charge in [-0.3, -0.25) is 0 Å². The van der Waals surface area contributed by atoms with E-state index in [1.165, 1.54) is 0 Å². The van der Waals surface area contributed by atoms with Crippen molar-refractivity contribution < 1.29 is 9.90 Å². The summed E-state index contributed by atoms with van der Waals surface area (Å²) in [4.78, 5) is 17.6. The van der Waals surface area contributed by atoms with Crippen LogP contribution in [-0.4, -0.2) is 16.1 Å². The quantitative estimate of drug-likeness (QED) is 0.749. The van der Waals surface area contributed by atoms with Crippen molar-refractivity contribution >= 4 is 17.1 Å². The molecule has 0 radical (unpaired) electrons. The number of carboxylic acid groups (broad SMARTS) is 1. The lowest BCUT2D eigenvalue weighted by Gasteiger charge is -2.12. The molecule has 0 aliphatic carbocycles. The van der Waals surface area contributed by atoms with Gasteiger partial charge >= 0.3 is 0 Å². The van der Waals surface area contributed by atoms with Gasteiger partial charge in [-0.25, -0.2) is 4.98 Å². The molecule has 1 atom stereocenters. The Hall–Kier alpha value is -2.04. The molecule has 2 N–H and O–H groups in total. The molecule has 0 fully saturated rings. The summed E-state index contributed by atoms with van der Waals surface area (Å²) in [6, 6.07) is 7.12. The standard InChI is InChI=1S/C10H11N3O2/c1-6(11-10(14)15)9-12-7-4-2-3-5-8(7)13-9/h2-6,11H,1H3,(H,12,13)(H,14,15)/p-1. The number of hydrogen-bond donors (Lipinski definition) is 2. The number of aromatic amines is 1. The van der Waals surface area contributed by atoms with E-state index in [2.05, 4.69) is 15.3 Å². The third-order valence-electron chi connectivity index (χ3n) is 2.15. The molecule has 15 heavy (non-hydrogen) atoms. The zero-order chi connectivity index (χ0) is 10.8. The molecule has 0 aliphatic heterocycles. The molecule has 0 aliphatic rings. The lowest BCUT2D eigenvalue weighted by atomic mass is 10.3. The molecule has 1 aromatic carbocycles. The number of rotatable bonds is 2. The maximum atomic E-state index is 10.3. The van der Waals surface area contributed by atoms with Crippen LogP contribution in [0, 0.1) is 0 Å². The fourth-order valence-electron chi connectivity index (χ4n) is 1.42. The van der Waals surface area contributed by atoms with Gasteiger partial charge in [0.25, 0.3) is 0 Å². The second-order valence-corrected chi connectivity index (χ2v) is 3.29. The molecule has 2 aromatic rings. The molecule has 5 heteroatoms. The fourth-order valence-corrected chi connectivity index (χ4v) is 1.42. The fraction of sp³-hybridized carbons (Fsp3) is 0.200. The van der Waals surface area contributed by atoms with Gasteiger partial charge in [0.15, 0.2) is 0 Å². The van der Waals surface area contributed by atoms with Gasteiger partial charge in [-0.15, -0.1) is 0 Å². The number of carbonyl (C=O) groups is 1. The molecule has 2 rings (SSSR count). The van der Waals surface area contributed by atoms with E-state index in [0.29, 0.717) is 5.82 Å². The molecule has 0 spiro atoms. The van der Waals surface area contributed by atoms with Crippen LogP contribution in [-0.2, 0) is 0 Å². The van der Waals surface area contributed by atoms with E-state index in [0.717, 1.165) is 11.0 Å². The van der Waals surface area contributed by atoms with Gasteiger partial charge in [0.1, 0.15) is 11.9 Å². The van der Waals surface area contributed by atoms with Gasteiger partial charge in [0.2, 0.25) is 0 Å². The van der Waals surface area contributed by atoms with Crippen LogP contribution in [0.25, 0.3) is 11.0 Å². The number of nitrogens with zero attached hydrogens (tertiary/aromatic N) is 1. The smallest absolute Gasteiger partial charge is 0.134 e. The molecule has 0 saturated heterocycles. The molecule has 1 heterocycles. The van der Waals surface area contributed by atoms with Crippen LogP contribution in [0.15, 0.2) is 24.3 Å². The van der Waals surface area contributed by atoms with Gasteiger partial charge in [-0.2, -0.15) is 0 Å². The molecule has 5 nitrogen and oxygen atoms in total. The normalized spacial score (nSPS) is 12.6. The highest BCUT2D eigenvalue weighted by molar-refractivity contribution is 5.75. The Labute approximate surface area is 86.1 Å². The van der Waals surface area contributed by atoms with E-state index < -0.39 is 12.1 Å². The van der Waals surface area contributed by atoms with Gasteiger partial charge < -0.3 is 20.2 Å².